The average molecular weight is 412 g/mol. The summed E-state index contributed by atoms with van der Waals surface area (Å²) >= 11 is 0. The third kappa shape index (κ3) is 4.20. The molecule has 0 fully saturated rings. The number of halogens is 5. The maximum Gasteiger partial charge on any atom is 0.422 e. The highest BCUT2D eigenvalue weighted by atomic mass is 19.4. The van der Waals surface area contributed by atoms with E-state index in [0.717, 1.165) is 30.5 Å². The Labute approximate surface area is 170 Å². The van der Waals surface area contributed by atoms with E-state index in [1.165, 1.54) is 16.3 Å². The molecule has 152 valence electrons. The Morgan fingerprint density at radius 1 is 0.567 bits per heavy atom. The van der Waals surface area contributed by atoms with Gasteiger partial charge in [-0.25, -0.2) is 8.78 Å². The molecule has 4 rings (SSSR count). The molecule has 0 aromatic heterocycles. The number of hydrogen-bond acceptors (Lipinski definition) is 0. The zero-order valence-electron chi connectivity index (χ0n) is 15.8. The molecule has 0 unspecified atom stereocenters. The van der Waals surface area contributed by atoms with E-state index in [-0.39, 0.29) is 5.56 Å². The first-order chi connectivity index (χ1) is 14.3. The fourth-order valence-electron chi connectivity index (χ4n) is 3.56. The Morgan fingerprint density at radius 3 is 1.77 bits per heavy atom. The third-order valence-electron chi connectivity index (χ3n) is 5.13. The molecule has 0 spiro atoms. The predicted octanol–water partition coefficient (Wildman–Crippen LogP) is 7.59. The summed E-state index contributed by atoms with van der Waals surface area (Å²) in [5.41, 5.74) is 0.887. The highest BCUT2D eigenvalue weighted by Gasteiger charge is 2.37. The van der Waals surface area contributed by atoms with Crippen LogP contribution in [0.15, 0.2) is 78.9 Å². The summed E-state index contributed by atoms with van der Waals surface area (Å²) in [5.74, 6) is -3.23. The van der Waals surface area contributed by atoms with E-state index in [1.807, 2.05) is 24.3 Å². The Bertz CT molecular complexity index is 1170. The van der Waals surface area contributed by atoms with Crippen LogP contribution in [0.4, 0.5) is 22.0 Å². The van der Waals surface area contributed by atoms with Gasteiger partial charge < -0.3 is 0 Å². The molecule has 0 heterocycles. The van der Waals surface area contributed by atoms with Crippen LogP contribution < -0.4 is 0 Å². The first-order valence-electron chi connectivity index (χ1n) is 9.44. The normalized spacial score (nSPS) is 11.8. The molecule has 30 heavy (non-hydrogen) atoms. The molecule has 0 N–H and O–H groups in total. The van der Waals surface area contributed by atoms with Crippen molar-refractivity contribution in [3.8, 4) is 11.1 Å². The summed E-state index contributed by atoms with van der Waals surface area (Å²) < 4.78 is 65.8. The molecule has 5 heteroatoms. The molecular formula is C25H17F5. The average Bonchev–Trinajstić information content (AvgIpc) is 2.71. The highest BCUT2D eigenvalue weighted by molar-refractivity contribution is 5.83. The van der Waals surface area contributed by atoms with E-state index in [2.05, 4.69) is 30.3 Å². The van der Waals surface area contributed by atoms with E-state index in [4.69, 9.17) is 0 Å². The maximum absolute atomic E-state index is 13.8. The largest absolute Gasteiger partial charge is 0.422 e. The molecule has 0 atom stereocenters. The van der Waals surface area contributed by atoms with Crippen LogP contribution in [0, 0.1) is 11.6 Å². The molecule has 0 bridgehead atoms. The number of benzene rings is 4. The van der Waals surface area contributed by atoms with Gasteiger partial charge in [0.1, 0.15) is 17.2 Å². The van der Waals surface area contributed by atoms with Gasteiger partial charge >= 0.3 is 6.18 Å². The molecule has 0 aliphatic rings. The van der Waals surface area contributed by atoms with E-state index < -0.39 is 23.4 Å². The fraction of sp³-hybridized carbons (Fsp3) is 0.120. The summed E-state index contributed by atoms with van der Waals surface area (Å²) in [6.45, 7) is 0. The van der Waals surface area contributed by atoms with Crippen molar-refractivity contribution in [3.05, 3.63) is 107 Å². The van der Waals surface area contributed by atoms with Gasteiger partial charge in [-0.15, -0.1) is 0 Å². The second kappa shape index (κ2) is 7.90. The van der Waals surface area contributed by atoms with Gasteiger partial charge in [-0.05, 0) is 58.0 Å². The Kier molecular flexibility index (Phi) is 5.29. The minimum absolute atomic E-state index is 0.0686. The number of alkyl halides is 3. The molecule has 0 radical (unpaired) electrons. The maximum atomic E-state index is 13.8. The topological polar surface area (TPSA) is 0 Å². The van der Waals surface area contributed by atoms with E-state index in [0.29, 0.717) is 5.56 Å². The molecule has 0 nitrogen and oxygen atoms in total. The van der Waals surface area contributed by atoms with Gasteiger partial charge in [0.15, 0.2) is 0 Å². The second-order valence-corrected chi connectivity index (χ2v) is 7.19. The van der Waals surface area contributed by atoms with Crippen molar-refractivity contribution < 1.29 is 22.0 Å². The molecule has 0 saturated carbocycles. The Hall–Kier alpha value is -3.21. The predicted molar refractivity (Wildman–Crippen MR) is 108 cm³/mol. The van der Waals surface area contributed by atoms with Crippen LogP contribution in [0.25, 0.3) is 21.9 Å². The van der Waals surface area contributed by atoms with Crippen LogP contribution in [0.1, 0.15) is 16.7 Å². The third-order valence-corrected chi connectivity index (χ3v) is 5.13. The summed E-state index contributed by atoms with van der Waals surface area (Å²) in [6.07, 6.45) is -3.47. The second-order valence-electron chi connectivity index (χ2n) is 7.19. The van der Waals surface area contributed by atoms with E-state index in [9.17, 15) is 22.0 Å². The van der Waals surface area contributed by atoms with Crippen molar-refractivity contribution in [2.75, 3.05) is 0 Å². The quantitative estimate of drug-likeness (QED) is 0.303. The Balaban J connectivity index is 1.50. The number of rotatable bonds is 4. The monoisotopic (exact) mass is 412 g/mol. The molecule has 0 amide bonds. The lowest BCUT2D eigenvalue weighted by atomic mass is 9.98. The smallest absolute Gasteiger partial charge is 0.206 e. The zero-order valence-corrected chi connectivity index (χ0v) is 15.8. The number of hydrogen-bond donors (Lipinski definition) is 0. The molecular weight excluding hydrogens is 395 g/mol. The van der Waals surface area contributed by atoms with Crippen LogP contribution in [-0.2, 0) is 19.0 Å². The molecule has 0 aliphatic carbocycles. The van der Waals surface area contributed by atoms with Gasteiger partial charge in [0.25, 0.3) is 0 Å². The van der Waals surface area contributed by atoms with Crippen molar-refractivity contribution in [3.63, 3.8) is 0 Å². The summed E-state index contributed by atoms with van der Waals surface area (Å²) in [5, 5.41) is 2.36. The molecule has 4 aromatic carbocycles. The lowest BCUT2D eigenvalue weighted by Crippen LogP contribution is -2.11. The minimum atomic E-state index is -5.07. The van der Waals surface area contributed by atoms with Gasteiger partial charge in [0.2, 0.25) is 0 Å². The first kappa shape index (κ1) is 20.1. The fourth-order valence-corrected chi connectivity index (χ4v) is 3.56. The number of fused-ring (bicyclic) bond motifs is 1. The lowest BCUT2D eigenvalue weighted by molar-refractivity contribution is -0.142. The molecule has 4 aromatic rings. The SMILES string of the molecule is Fc1cc(-c2ccc(CCc3ccc4ccccc4c3)cc2)cc(F)c1C(F)(F)F. The van der Waals surface area contributed by atoms with Crippen LogP contribution >= 0.6 is 0 Å². The van der Waals surface area contributed by atoms with Crippen molar-refractivity contribution in [1.82, 2.24) is 0 Å². The van der Waals surface area contributed by atoms with Crippen molar-refractivity contribution in [2.24, 2.45) is 0 Å². The summed E-state index contributed by atoms with van der Waals surface area (Å²) in [7, 11) is 0. The van der Waals surface area contributed by atoms with Crippen molar-refractivity contribution in [1.29, 1.82) is 0 Å². The zero-order chi connectivity index (χ0) is 21.3. The number of aryl methyl sites for hydroxylation is 2. The molecule has 0 saturated heterocycles. The lowest BCUT2D eigenvalue weighted by Gasteiger charge is -2.11. The van der Waals surface area contributed by atoms with Crippen LogP contribution in [-0.4, -0.2) is 0 Å². The van der Waals surface area contributed by atoms with Crippen LogP contribution in [0.2, 0.25) is 0 Å². The van der Waals surface area contributed by atoms with Crippen molar-refractivity contribution >= 4 is 10.8 Å². The van der Waals surface area contributed by atoms with Crippen LogP contribution in [0.5, 0.6) is 0 Å². The Morgan fingerprint density at radius 2 is 1.13 bits per heavy atom. The van der Waals surface area contributed by atoms with Gasteiger partial charge in [-0.1, -0.05) is 66.7 Å². The summed E-state index contributed by atoms with van der Waals surface area (Å²) in [4.78, 5) is 0. The van der Waals surface area contributed by atoms with Gasteiger partial charge in [0.05, 0.1) is 0 Å². The first-order valence-corrected chi connectivity index (χ1v) is 9.44. The van der Waals surface area contributed by atoms with E-state index >= 15 is 0 Å². The molecule has 0 aliphatic heterocycles. The van der Waals surface area contributed by atoms with Gasteiger partial charge in [0, 0.05) is 0 Å². The highest BCUT2D eigenvalue weighted by Crippen LogP contribution is 2.36. The minimum Gasteiger partial charge on any atom is -0.206 e. The van der Waals surface area contributed by atoms with Gasteiger partial charge in [-0.2, -0.15) is 13.2 Å². The summed E-state index contributed by atoms with van der Waals surface area (Å²) in [6, 6.07) is 22.9. The van der Waals surface area contributed by atoms with Gasteiger partial charge in [-0.3, -0.25) is 0 Å². The van der Waals surface area contributed by atoms with E-state index in [1.54, 1.807) is 12.1 Å². The van der Waals surface area contributed by atoms with Crippen molar-refractivity contribution in [2.45, 2.75) is 19.0 Å². The van der Waals surface area contributed by atoms with Crippen LogP contribution in [0.3, 0.4) is 0 Å². The standard InChI is InChI=1S/C25H17F5/c26-22-14-21(15-23(27)24(22)25(28,29)30)19-10-7-16(8-11-19)5-6-17-9-12-18-3-1-2-4-20(18)13-17/h1-4,7-15H,5-6H2.